The van der Waals surface area contributed by atoms with Crippen LogP contribution in [0, 0.1) is 0 Å². The molecule has 0 spiro atoms. The van der Waals surface area contributed by atoms with Crippen LogP contribution in [0.2, 0.25) is 0 Å². The number of halogens is 1. The van der Waals surface area contributed by atoms with Gasteiger partial charge in [-0.05, 0) is 47.0 Å². The molecule has 2 heterocycles. The maximum atomic E-state index is 12.3. The van der Waals surface area contributed by atoms with E-state index in [9.17, 15) is 8.42 Å². The van der Waals surface area contributed by atoms with E-state index in [-0.39, 0.29) is 6.04 Å². The molecule has 4 nitrogen and oxygen atoms in total. The lowest BCUT2D eigenvalue weighted by Gasteiger charge is -2.22. The van der Waals surface area contributed by atoms with Crippen LogP contribution >= 0.6 is 27.3 Å². The molecule has 0 bridgehead atoms. The highest BCUT2D eigenvalue weighted by atomic mass is 79.9. The number of furan rings is 1. The minimum absolute atomic E-state index is 0.187. The first-order valence-corrected chi connectivity index (χ1v) is 8.99. The molecule has 7 heteroatoms. The zero-order valence-corrected chi connectivity index (χ0v) is 13.1. The summed E-state index contributed by atoms with van der Waals surface area (Å²) in [7, 11) is -3.46. The minimum atomic E-state index is -3.46. The molecule has 2 aromatic rings. The van der Waals surface area contributed by atoms with E-state index in [4.69, 9.17) is 4.42 Å². The van der Waals surface area contributed by atoms with E-state index in [1.54, 1.807) is 18.4 Å². The van der Waals surface area contributed by atoms with Crippen molar-refractivity contribution in [1.82, 2.24) is 4.72 Å². The van der Waals surface area contributed by atoms with Crippen LogP contribution in [0.1, 0.15) is 30.2 Å². The molecule has 0 fully saturated rings. The Labute approximate surface area is 124 Å². The fourth-order valence-corrected chi connectivity index (χ4v) is 5.57. The molecule has 0 aliphatic heterocycles. The first-order valence-electron chi connectivity index (χ1n) is 5.90. The van der Waals surface area contributed by atoms with Crippen LogP contribution in [0.4, 0.5) is 0 Å². The van der Waals surface area contributed by atoms with Crippen LogP contribution in [0.15, 0.2) is 36.9 Å². The standard InChI is InChI=1S/C12H12BrNO3S2/c13-11-4-5-12(18-11)19(15,16)14-9-2-1-3-10-8(9)6-7-17-10/h4-7,9,14H,1-3H2. The van der Waals surface area contributed by atoms with Crippen LogP contribution in [0.5, 0.6) is 0 Å². The summed E-state index contributed by atoms with van der Waals surface area (Å²) >= 11 is 4.49. The van der Waals surface area contributed by atoms with Crippen LogP contribution < -0.4 is 4.72 Å². The Kier molecular flexibility index (Phi) is 3.55. The highest BCUT2D eigenvalue weighted by Crippen LogP contribution is 2.33. The van der Waals surface area contributed by atoms with E-state index in [1.165, 1.54) is 11.3 Å². The summed E-state index contributed by atoms with van der Waals surface area (Å²) in [5, 5.41) is 0. The van der Waals surface area contributed by atoms with Gasteiger partial charge in [0, 0.05) is 12.0 Å². The number of rotatable bonds is 3. The molecule has 0 aromatic carbocycles. The van der Waals surface area contributed by atoms with Crippen molar-refractivity contribution in [3.05, 3.63) is 39.6 Å². The molecule has 0 amide bonds. The lowest BCUT2D eigenvalue weighted by Crippen LogP contribution is -2.30. The Balaban J connectivity index is 1.87. The third-order valence-electron chi connectivity index (χ3n) is 3.16. The van der Waals surface area contributed by atoms with E-state index in [0.717, 1.165) is 34.4 Å². The lowest BCUT2D eigenvalue weighted by molar-refractivity contribution is 0.438. The normalized spacial score (nSPS) is 19.3. The SMILES string of the molecule is O=S(=O)(NC1CCCc2occc21)c1ccc(Br)s1. The van der Waals surface area contributed by atoms with Crippen molar-refractivity contribution in [2.45, 2.75) is 29.5 Å². The quantitative estimate of drug-likeness (QED) is 0.910. The van der Waals surface area contributed by atoms with Gasteiger partial charge in [0.1, 0.15) is 9.97 Å². The maximum Gasteiger partial charge on any atom is 0.250 e. The molecule has 2 aromatic heterocycles. The first-order chi connectivity index (χ1) is 9.06. The second-order valence-corrected chi connectivity index (χ2v) is 8.83. The Hall–Kier alpha value is -0.630. The zero-order chi connectivity index (χ0) is 13.5. The molecule has 0 saturated carbocycles. The van der Waals surface area contributed by atoms with Gasteiger partial charge in [0.15, 0.2) is 0 Å². The smallest absolute Gasteiger partial charge is 0.250 e. The van der Waals surface area contributed by atoms with Gasteiger partial charge in [0.05, 0.1) is 16.1 Å². The summed E-state index contributed by atoms with van der Waals surface area (Å²) in [5.74, 6) is 0.895. The topological polar surface area (TPSA) is 59.3 Å². The van der Waals surface area contributed by atoms with E-state index in [1.807, 2.05) is 6.07 Å². The average molecular weight is 362 g/mol. The maximum absolute atomic E-state index is 12.3. The third kappa shape index (κ3) is 2.65. The number of nitrogens with one attached hydrogen (secondary N) is 1. The number of hydrogen-bond donors (Lipinski definition) is 1. The van der Waals surface area contributed by atoms with E-state index in [0.29, 0.717) is 4.21 Å². The molecular weight excluding hydrogens is 350 g/mol. The van der Waals surface area contributed by atoms with Crippen molar-refractivity contribution in [2.24, 2.45) is 0 Å². The first kappa shape index (κ1) is 13.4. The second-order valence-electron chi connectivity index (χ2n) is 4.42. The predicted molar refractivity (Wildman–Crippen MR) is 76.7 cm³/mol. The van der Waals surface area contributed by atoms with Crippen molar-refractivity contribution < 1.29 is 12.8 Å². The third-order valence-corrected chi connectivity index (χ3v) is 6.75. The molecule has 0 saturated heterocycles. The number of aryl methyl sites for hydroxylation is 1. The average Bonchev–Trinajstić information content (AvgIpc) is 2.97. The summed E-state index contributed by atoms with van der Waals surface area (Å²) in [6.45, 7) is 0. The van der Waals surface area contributed by atoms with E-state index < -0.39 is 10.0 Å². The molecule has 1 atom stereocenters. The molecule has 1 aliphatic rings. The van der Waals surface area contributed by atoms with Crippen molar-refractivity contribution in [3.8, 4) is 0 Å². The monoisotopic (exact) mass is 361 g/mol. The van der Waals surface area contributed by atoms with Crippen LogP contribution in [0.25, 0.3) is 0 Å². The van der Waals surface area contributed by atoms with Gasteiger partial charge in [0.25, 0.3) is 10.0 Å². The Bertz CT molecular complexity index is 689. The number of sulfonamides is 1. The molecule has 1 unspecified atom stereocenters. The fourth-order valence-electron chi connectivity index (χ4n) is 2.30. The summed E-state index contributed by atoms with van der Waals surface area (Å²) in [5.41, 5.74) is 0.963. The highest BCUT2D eigenvalue weighted by Gasteiger charge is 2.28. The molecule has 3 rings (SSSR count). The molecule has 19 heavy (non-hydrogen) atoms. The van der Waals surface area contributed by atoms with Gasteiger partial charge >= 0.3 is 0 Å². The van der Waals surface area contributed by atoms with Gasteiger partial charge < -0.3 is 4.42 Å². The fraction of sp³-hybridized carbons (Fsp3) is 0.333. The lowest BCUT2D eigenvalue weighted by atomic mass is 9.94. The molecule has 0 radical (unpaired) electrons. The van der Waals surface area contributed by atoms with Crippen molar-refractivity contribution in [1.29, 1.82) is 0 Å². The van der Waals surface area contributed by atoms with Crippen molar-refractivity contribution in [3.63, 3.8) is 0 Å². The van der Waals surface area contributed by atoms with Gasteiger partial charge in [-0.1, -0.05) is 0 Å². The summed E-state index contributed by atoms with van der Waals surface area (Å²) in [6.07, 6.45) is 4.24. The van der Waals surface area contributed by atoms with E-state index in [2.05, 4.69) is 20.7 Å². The Morgan fingerprint density at radius 1 is 1.37 bits per heavy atom. The molecule has 1 aliphatic carbocycles. The number of hydrogen-bond acceptors (Lipinski definition) is 4. The molecule has 1 N–H and O–H groups in total. The molecular formula is C12H12BrNO3S2. The van der Waals surface area contributed by atoms with Crippen LogP contribution in [-0.4, -0.2) is 8.42 Å². The van der Waals surface area contributed by atoms with Crippen LogP contribution in [0.3, 0.4) is 0 Å². The number of fused-ring (bicyclic) bond motifs is 1. The van der Waals surface area contributed by atoms with Gasteiger partial charge in [-0.25, -0.2) is 13.1 Å². The second kappa shape index (κ2) is 5.05. The Morgan fingerprint density at radius 3 is 2.95 bits per heavy atom. The van der Waals surface area contributed by atoms with Gasteiger partial charge in [-0.3, -0.25) is 0 Å². The summed E-state index contributed by atoms with van der Waals surface area (Å²) < 4.78 is 33.9. The van der Waals surface area contributed by atoms with Gasteiger partial charge in [-0.2, -0.15) is 0 Å². The van der Waals surface area contributed by atoms with Gasteiger partial charge in [-0.15, -0.1) is 11.3 Å². The van der Waals surface area contributed by atoms with Crippen molar-refractivity contribution >= 4 is 37.3 Å². The van der Waals surface area contributed by atoms with Crippen molar-refractivity contribution in [2.75, 3.05) is 0 Å². The van der Waals surface area contributed by atoms with E-state index >= 15 is 0 Å². The minimum Gasteiger partial charge on any atom is -0.469 e. The predicted octanol–water partition coefficient (Wildman–Crippen LogP) is 3.46. The van der Waals surface area contributed by atoms with Crippen LogP contribution in [-0.2, 0) is 16.4 Å². The Morgan fingerprint density at radius 2 is 2.21 bits per heavy atom. The summed E-state index contributed by atoms with van der Waals surface area (Å²) in [4.78, 5) is 0. The summed E-state index contributed by atoms with van der Waals surface area (Å²) in [6, 6.07) is 5.01. The number of thiophene rings is 1. The zero-order valence-electron chi connectivity index (χ0n) is 9.93. The largest absolute Gasteiger partial charge is 0.469 e. The van der Waals surface area contributed by atoms with Gasteiger partial charge in [0.2, 0.25) is 0 Å². The highest BCUT2D eigenvalue weighted by molar-refractivity contribution is 9.11. The molecule has 102 valence electrons.